The van der Waals surface area contributed by atoms with E-state index in [2.05, 4.69) is 39.4 Å². The average molecular weight is 393 g/mol. The van der Waals surface area contributed by atoms with Gasteiger partial charge < -0.3 is 15.0 Å². The predicted molar refractivity (Wildman–Crippen MR) is 113 cm³/mol. The third-order valence-corrected chi connectivity index (χ3v) is 6.03. The first kappa shape index (κ1) is 18.4. The highest BCUT2D eigenvalue weighted by Crippen LogP contribution is 2.35. The summed E-state index contributed by atoms with van der Waals surface area (Å²) in [4.78, 5) is 12.0. The first-order chi connectivity index (χ1) is 14.1. The molecular weight excluding hydrogens is 364 g/mol. The first-order valence-corrected chi connectivity index (χ1v) is 10.5. The SMILES string of the molecule is Cc1cc(N2Cc3ccc(OC4CCNCC4)nc3[C@@H](C)C2)c2cnn(C)c2n1. The van der Waals surface area contributed by atoms with Gasteiger partial charge in [-0.15, -0.1) is 0 Å². The molecule has 152 valence electrons. The number of aromatic nitrogens is 4. The van der Waals surface area contributed by atoms with Crippen LogP contribution in [0.2, 0.25) is 0 Å². The molecule has 3 aromatic rings. The standard InChI is InChI=1S/C22H28N6O/c1-14-12-28(19-10-15(2)25-22-18(19)11-24-27(22)3)13-16-4-5-20(26-21(14)16)29-17-6-8-23-9-7-17/h4-5,10-11,14,17,23H,6-9,12-13H2,1-3H3/t14-/m0/s1. The Morgan fingerprint density at radius 1 is 1.17 bits per heavy atom. The van der Waals surface area contributed by atoms with E-state index in [1.165, 1.54) is 16.9 Å². The van der Waals surface area contributed by atoms with Gasteiger partial charge in [-0.3, -0.25) is 4.68 Å². The van der Waals surface area contributed by atoms with Crippen LogP contribution in [-0.2, 0) is 13.6 Å². The number of fused-ring (bicyclic) bond motifs is 2. The summed E-state index contributed by atoms with van der Waals surface area (Å²) in [6.45, 7) is 8.10. The average Bonchev–Trinajstić information content (AvgIpc) is 3.09. The number of rotatable bonds is 3. The third-order valence-electron chi connectivity index (χ3n) is 6.03. The molecule has 7 heteroatoms. The second-order valence-corrected chi connectivity index (χ2v) is 8.33. The van der Waals surface area contributed by atoms with Gasteiger partial charge >= 0.3 is 0 Å². The minimum absolute atomic E-state index is 0.274. The fourth-order valence-electron chi connectivity index (χ4n) is 4.55. The summed E-state index contributed by atoms with van der Waals surface area (Å²) in [5.74, 6) is 1.10. The second kappa shape index (κ2) is 7.30. The molecule has 1 atom stereocenters. The van der Waals surface area contributed by atoms with Crippen molar-refractivity contribution in [3.8, 4) is 5.88 Å². The van der Waals surface area contributed by atoms with Gasteiger partial charge in [0.05, 0.1) is 23.0 Å². The molecule has 0 amide bonds. The van der Waals surface area contributed by atoms with Crippen molar-refractivity contribution in [1.82, 2.24) is 25.1 Å². The number of nitrogens with one attached hydrogen (secondary N) is 1. The van der Waals surface area contributed by atoms with E-state index in [4.69, 9.17) is 9.72 Å². The van der Waals surface area contributed by atoms with E-state index in [-0.39, 0.29) is 6.10 Å². The molecule has 1 fully saturated rings. The Bertz CT molecular complexity index is 1040. The number of piperidine rings is 1. The van der Waals surface area contributed by atoms with E-state index in [1.54, 1.807) is 0 Å². The highest BCUT2D eigenvalue weighted by atomic mass is 16.5. The molecule has 7 nitrogen and oxygen atoms in total. The van der Waals surface area contributed by atoms with Crippen LogP contribution in [0, 0.1) is 6.92 Å². The zero-order valence-electron chi connectivity index (χ0n) is 17.4. The summed E-state index contributed by atoms with van der Waals surface area (Å²) in [6.07, 6.45) is 4.29. The van der Waals surface area contributed by atoms with Crippen LogP contribution in [0.4, 0.5) is 5.69 Å². The molecule has 5 rings (SSSR count). The highest BCUT2D eigenvalue weighted by molar-refractivity contribution is 5.89. The summed E-state index contributed by atoms with van der Waals surface area (Å²) < 4.78 is 8.02. The molecule has 0 radical (unpaired) electrons. The molecule has 3 aromatic heterocycles. The van der Waals surface area contributed by atoms with Gasteiger partial charge in [-0.2, -0.15) is 5.10 Å². The molecule has 5 heterocycles. The lowest BCUT2D eigenvalue weighted by atomic mass is 9.95. The van der Waals surface area contributed by atoms with Gasteiger partial charge in [0.2, 0.25) is 5.88 Å². The van der Waals surface area contributed by atoms with Crippen LogP contribution in [0.1, 0.15) is 42.6 Å². The minimum Gasteiger partial charge on any atom is -0.474 e. The van der Waals surface area contributed by atoms with Gasteiger partial charge in [0.25, 0.3) is 0 Å². The molecule has 1 N–H and O–H groups in total. The van der Waals surface area contributed by atoms with Crippen LogP contribution in [0.25, 0.3) is 11.0 Å². The summed E-state index contributed by atoms with van der Waals surface area (Å²) in [5.41, 5.74) is 5.59. The fourth-order valence-corrected chi connectivity index (χ4v) is 4.55. The Hall–Kier alpha value is -2.67. The van der Waals surface area contributed by atoms with Crippen LogP contribution in [-0.4, -0.2) is 45.5 Å². The van der Waals surface area contributed by atoms with Crippen molar-refractivity contribution in [3.05, 3.63) is 41.3 Å². The van der Waals surface area contributed by atoms with E-state index in [0.29, 0.717) is 5.92 Å². The zero-order valence-corrected chi connectivity index (χ0v) is 17.4. The Morgan fingerprint density at radius 3 is 2.83 bits per heavy atom. The molecule has 29 heavy (non-hydrogen) atoms. The summed E-state index contributed by atoms with van der Waals surface area (Å²) in [5, 5.41) is 8.90. The van der Waals surface area contributed by atoms with Gasteiger partial charge in [-0.25, -0.2) is 9.97 Å². The maximum Gasteiger partial charge on any atom is 0.213 e. The molecule has 0 saturated carbocycles. The smallest absolute Gasteiger partial charge is 0.213 e. The predicted octanol–water partition coefficient (Wildman–Crippen LogP) is 2.93. The molecule has 2 aliphatic rings. The number of nitrogens with zero attached hydrogens (tertiary/aromatic N) is 5. The van der Waals surface area contributed by atoms with Gasteiger partial charge in [-0.1, -0.05) is 13.0 Å². The molecule has 2 aliphatic heterocycles. The van der Waals surface area contributed by atoms with Gasteiger partial charge in [-0.05, 0) is 44.5 Å². The van der Waals surface area contributed by atoms with Crippen LogP contribution >= 0.6 is 0 Å². The van der Waals surface area contributed by atoms with Crippen molar-refractivity contribution in [2.45, 2.75) is 45.3 Å². The fraction of sp³-hybridized carbons (Fsp3) is 0.500. The van der Waals surface area contributed by atoms with Crippen molar-refractivity contribution in [2.24, 2.45) is 7.05 Å². The number of ether oxygens (including phenoxy) is 1. The minimum atomic E-state index is 0.274. The Labute approximate surface area is 171 Å². The number of hydrogen-bond donors (Lipinski definition) is 1. The Morgan fingerprint density at radius 2 is 2.00 bits per heavy atom. The molecule has 0 bridgehead atoms. The number of hydrogen-bond acceptors (Lipinski definition) is 6. The molecular formula is C22H28N6O. The highest BCUT2D eigenvalue weighted by Gasteiger charge is 2.27. The summed E-state index contributed by atoms with van der Waals surface area (Å²) in [6, 6.07) is 6.40. The van der Waals surface area contributed by atoms with E-state index >= 15 is 0 Å². The van der Waals surface area contributed by atoms with Gasteiger partial charge in [0.1, 0.15) is 6.10 Å². The second-order valence-electron chi connectivity index (χ2n) is 8.33. The lowest BCUT2D eigenvalue weighted by Crippen LogP contribution is -2.35. The Kier molecular flexibility index (Phi) is 4.62. The quantitative estimate of drug-likeness (QED) is 0.739. The van der Waals surface area contributed by atoms with E-state index < -0.39 is 0 Å². The molecule has 0 spiro atoms. The molecule has 0 unspecified atom stereocenters. The van der Waals surface area contributed by atoms with Gasteiger partial charge in [0.15, 0.2) is 5.65 Å². The molecule has 1 saturated heterocycles. The van der Waals surface area contributed by atoms with Crippen molar-refractivity contribution in [1.29, 1.82) is 0 Å². The molecule has 0 aliphatic carbocycles. The van der Waals surface area contributed by atoms with Crippen LogP contribution in [0.3, 0.4) is 0 Å². The topological polar surface area (TPSA) is 68.1 Å². The Balaban J connectivity index is 1.43. The van der Waals surface area contributed by atoms with Crippen molar-refractivity contribution < 1.29 is 4.74 Å². The van der Waals surface area contributed by atoms with E-state index in [0.717, 1.165) is 61.6 Å². The summed E-state index contributed by atoms with van der Waals surface area (Å²) >= 11 is 0. The number of anilines is 1. The van der Waals surface area contributed by atoms with Crippen molar-refractivity contribution in [2.75, 3.05) is 24.5 Å². The summed E-state index contributed by atoms with van der Waals surface area (Å²) in [7, 11) is 1.94. The van der Waals surface area contributed by atoms with Gasteiger partial charge in [0, 0.05) is 37.8 Å². The van der Waals surface area contributed by atoms with E-state index in [1.807, 2.05) is 30.9 Å². The van der Waals surface area contributed by atoms with E-state index in [9.17, 15) is 0 Å². The normalized spacial score (nSPS) is 20.1. The van der Waals surface area contributed by atoms with Crippen molar-refractivity contribution in [3.63, 3.8) is 0 Å². The lowest BCUT2D eigenvalue weighted by molar-refractivity contribution is 0.155. The number of pyridine rings is 2. The monoisotopic (exact) mass is 392 g/mol. The van der Waals surface area contributed by atoms with Crippen LogP contribution < -0.4 is 15.0 Å². The maximum absolute atomic E-state index is 6.17. The van der Waals surface area contributed by atoms with Crippen LogP contribution in [0.5, 0.6) is 5.88 Å². The number of aryl methyl sites for hydroxylation is 2. The lowest BCUT2D eigenvalue weighted by Gasteiger charge is -2.34. The third kappa shape index (κ3) is 3.44. The zero-order chi connectivity index (χ0) is 20.0. The van der Waals surface area contributed by atoms with Crippen molar-refractivity contribution >= 4 is 16.7 Å². The largest absolute Gasteiger partial charge is 0.474 e. The maximum atomic E-state index is 6.17. The van der Waals surface area contributed by atoms with Crippen LogP contribution in [0.15, 0.2) is 24.4 Å². The molecule has 0 aromatic carbocycles. The first-order valence-electron chi connectivity index (χ1n) is 10.5.